The summed E-state index contributed by atoms with van der Waals surface area (Å²) in [6.07, 6.45) is 6.33. The lowest BCUT2D eigenvalue weighted by Crippen LogP contribution is -2.32. The van der Waals surface area contributed by atoms with Crippen LogP contribution in [-0.2, 0) is 0 Å². The number of hydrogen-bond donors (Lipinski definition) is 3. The van der Waals surface area contributed by atoms with Crippen molar-refractivity contribution < 1.29 is 0 Å². The zero-order valence-corrected chi connectivity index (χ0v) is 9.07. The monoisotopic (exact) mass is 220 g/mol. The van der Waals surface area contributed by atoms with Crippen LogP contribution in [0.3, 0.4) is 0 Å². The second-order valence-electron chi connectivity index (χ2n) is 4.00. The standard InChI is InChI=1S/C11H16N4O/c12-15-11(14-9-3-1-2-4-9)8-5-6-10(16)13-7-8/h5-7,9H,1-4,12H2,(H,13,16)(H,14,15). The number of nitrogens with one attached hydrogen (secondary N) is 2. The van der Waals surface area contributed by atoms with Crippen LogP contribution in [0.1, 0.15) is 31.2 Å². The molecule has 5 nitrogen and oxygen atoms in total. The normalized spacial score (nSPS) is 17.7. The summed E-state index contributed by atoms with van der Waals surface area (Å²) in [6, 6.07) is 3.54. The fourth-order valence-corrected chi connectivity index (χ4v) is 1.97. The maximum absolute atomic E-state index is 10.9. The molecule has 0 aliphatic heterocycles. The van der Waals surface area contributed by atoms with Crippen LogP contribution in [0.5, 0.6) is 0 Å². The number of hydrazine groups is 1. The fourth-order valence-electron chi connectivity index (χ4n) is 1.97. The van der Waals surface area contributed by atoms with E-state index in [1.165, 1.54) is 18.9 Å². The minimum absolute atomic E-state index is 0.124. The van der Waals surface area contributed by atoms with Gasteiger partial charge in [-0.1, -0.05) is 12.8 Å². The first-order valence-electron chi connectivity index (χ1n) is 5.53. The topological polar surface area (TPSA) is 83.3 Å². The summed E-state index contributed by atoms with van der Waals surface area (Å²) < 4.78 is 0. The molecule has 1 aliphatic carbocycles. The molecule has 4 N–H and O–H groups in total. The molecule has 2 rings (SSSR count). The van der Waals surface area contributed by atoms with Gasteiger partial charge in [0.2, 0.25) is 5.56 Å². The minimum Gasteiger partial charge on any atom is -0.328 e. The predicted octanol–water partition coefficient (Wildman–Crippen LogP) is 0.527. The Morgan fingerprint density at radius 1 is 1.44 bits per heavy atom. The molecule has 5 heteroatoms. The van der Waals surface area contributed by atoms with E-state index < -0.39 is 0 Å². The van der Waals surface area contributed by atoms with Gasteiger partial charge in [-0.05, 0) is 18.9 Å². The van der Waals surface area contributed by atoms with Crippen molar-refractivity contribution in [2.45, 2.75) is 31.7 Å². The van der Waals surface area contributed by atoms with Crippen LogP contribution in [0.25, 0.3) is 0 Å². The first kappa shape index (κ1) is 10.9. The Hall–Kier alpha value is -1.62. The number of amidine groups is 1. The zero-order chi connectivity index (χ0) is 11.4. The van der Waals surface area contributed by atoms with Gasteiger partial charge in [-0.2, -0.15) is 0 Å². The largest absolute Gasteiger partial charge is 0.328 e. The van der Waals surface area contributed by atoms with Crippen molar-refractivity contribution in [3.05, 3.63) is 34.2 Å². The average Bonchev–Trinajstić information content (AvgIpc) is 2.80. The number of H-pyrrole nitrogens is 1. The number of aliphatic imine (C=N–C) groups is 1. The van der Waals surface area contributed by atoms with Crippen LogP contribution in [0.15, 0.2) is 28.1 Å². The summed E-state index contributed by atoms with van der Waals surface area (Å²) in [5.74, 6) is 6.09. The molecule has 1 fully saturated rings. The van der Waals surface area contributed by atoms with Gasteiger partial charge in [0, 0.05) is 17.8 Å². The molecule has 1 heterocycles. The van der Waals surface area contributed by atoms with Gasteiger partial charge in [0.1, 0.15) is 5.84 Å². The molecular weight excluding hydrogens is 204 g/mol. The molecule has 0 saturated heterocycles. The molecular formula is C11H16N4O. The summed E-state index contributed by atoms with van der Waals surface area (Å²) in [5, 5.41) is 0. The second kappa shape index (κ2) is 4.94. The maximum atomic E-state index is 10.9. The number of hydrogen-bond acceptors (Lipinski definition) is 3. The molecule has 0 atom stereocenters. The zero-order valence-electron chi connectivity index (χ0n) is 9.07. The molecule has 86 valence electrons. The first-order chi connectivity index (χ1) is 7.79. The number of rotatable bonds is 2. The van der Waals surface area contributed by atoms with Crippen LogP contribution in [-0.4, -0.2) is 16.9 Å². The van der Waals surface area contributed by atoms with Crippen LogP contribution in [0.2, 0.25) is 0 Å². The highest BCUT2D eigenvalue weighted by atomic mass is 16.1. The lowest BCUT2D eigenvalue weighted by atomic mass is 10.2. The van der Waals surface area contributed by atoms with Gasteiger partial charge >= 0.3 is 0 Å². The summed E-state index contributed by atoms with van der Waals surface area (Å²) in [4.78, 5) is 18.1. The third-order valence-corrected chi connectivity index (χ3v) is 2.83. The first-order valence-corrected chi connectivity index (χ1v) is 5.53. The molecule has 0 aromatic carbocycles. The Labute approximate surface area is 93.8 Å². The van der Waals surface area contributed by atoms with Gasteiger partial charge < -0.3 is 10.4 Å². The maximum Gasteiger partial charge on any atom is 0.247 e. The van der Waals surface area contributed by atoms with Gasteiger partial charge in [-0.15, -0.1) is 0 Å². The van der Waals surface area contributed by atoms with Crippen LogP contribution in [0.4, 0.5) is 0 Å². The van der Waals surface area contributed by atoms with Crippen LogP contribution >= 0.6 is 0 Å². The number of aromatic amines is 1. The Morgan fingerprint density at radius 3 is 2.75 bits per heavy atom. The number of pyridine rings is 1. The van der Waals surface area contributed by atoms with Gasteiger partial charge in [-0.3, -0.25) is 9.79 Å². The highest BCUT2D eigenvalue weighted by Crippen LogP contribution is 2.21. The quantitative estimate of drug-likeness (QED) is 0.294. The summed E-state index contributed by atoms with van der Waals surface area (Å²) in [6.45, 7) is 0. The van der Waals surface area contributed by atoms with E-state index in [4.69, 9.17) is 5.84 Å². The van der Waals surface area contributed by atoms with E-state index >= 15 is 0 Å². The van der Waals surface area contributed by atoms with Crippen molar-refractivity contribution in [1.82, 2.24) is 10.4 Å². The minimum atomic E-state index is -0.124. The Balaban J connectivity index is 2.20. The van der Waals surface area contributed by atoms with E-state index in [9.17, 15) is 4.79 Å². The number of nitrogens with zero attached hydrogens (tertiary/aromatic N) is 1. The number of nitrogens with two attached hydrogens (primary N) is 1. The molecule has 0 unspecified atom stereocenters. The molecule has 1 saturated carbocycles. The van der Waals surface area contributed by atoms with Gasteiger partial charge in [0.05, 0.1) is 6.04 Å². The Kier molecular flexibility index (Phi) is 3.36. The second-order valence-corrected chi connectivity index (χ2v) is 4.00. The lowest BCUT2D eigenvalue weighted by Gasteiger charge is -2.08. The van der Waals surface area contributed by atoms with Crippen molar-refractivity contribution in [2.75, 3.05) is 0 Å². The third-order valence-electron chi connectivity index (χ3n) is 2.83. The van der Waals surface area contributed by atoms with Crippen molar-refractivity contribution in [3.63, 3.8) is 0 Å². The van der Waals surface area contributed by atoms with Gasteiger partial charge in [0.25, 0.3) is 0 Å². The average molecular weight is 220 g/mol. The predicted molar refractivity (Wildman–Crippen MR) is 63.2 cm³/mol. The highest BCUT2D eigenvalue weighted by Gasteiger charge is 2.15. The molecule has 0 amide bonds. The van der Waals surface area contributed by atoms with Crippen molar-refractivity contribution in [2.24, 2.45) is 10.8 Å². The summed E-state index contributed by atoms with van der Waals surface area (Å²) in [5.41, 5.74) is 3.28. The lowest BCUT2D eigenvalue weighted by molar-refractivity contribution is 0.700. The summed E-state index contributed by atoms with van der Waals surface area (Å²) >= 11 is 0. The van der Waals surface area contributed by atoms with Crippen molar-refractivity contribution >= 4 is 5.84 Å². The van der Waals surface area contributed by atoms with Crippen molar-refractivity contribution in [3.8, 4) is 0 Å². The molecule has 16 heavy (non-hydrogen) atoms. The smallest absolute Gasteiger partial charge is 0.247 e. The molecule has 1 aliphatic rings. The van der Waals surface area contributed by atoms with E-state index in [1.54, 1.807) is 12.3 Å². The summed E-state index contributed by atoms with van der Waals surface area (Å²) in [7, 11) is 0. The van der Waals surface area contributed by atoms with Crippen LogP contribution < -0.4 is 16.8 Å². The molecule has 1 aromatic heterocycles. The van der Waals surface area contributed by atoms with Crippen LogP contribution in [0, 0.1) is 0 Å². The van der Waals surface area contributed by atoms with E-state index in [0.717, 1.165) is 18.4 Å². The van der Waals surface area contributed by atoms with E-state index in [1.807, 2.05) is 0 Å². The van der Waals surface area contributed by atoms with Crippen molar-refractivity contribution in [1.29, 1.82) is 0 Å². The SMILES string of the molecule is NNC(=NC1CCCC1)c1ccc(=O)[nH]c1. The van der Waals surface area contributed by atoms with Gasteiger partial charge in [0.15, 0.2) is 0 Å². The number of aromatic nitrogens is 1. The third kappa shape index (κ3) is 2.49. The van der Waals surface area contributed by atoms with E-state index in [0.29, 0.717) is 11.9 Å². The van der Waals surface area contributed by atoms with Gasteiger partial charge in [-0.25, -0.2) is 5.84 Å². The molecule has 0 spiro atoms. The highest BCUT2D eigenvalue weighted by molar-refractivity contribution is 5.98. The Bertz CT molecular complexity index is 411. The van der Waals surface area contributed by atoms with E-state index in [-0.39, 0.29) is 5.56 Å². The Morgan fingerprint density at radius 2 is 2.19 bits per heavy atom. The fraction of sp³-hybridized carbons (Fsp3) is 0.455. The van der Waals surface area contributed by atoms with E-state index in [2.05, 4.69) is 15.4 Å². The molecule has 0 bridgehead atoms. The molecule has 1 aromatic rings. The molecule has 0 radical (unpaired) electrons.